The summed E-state index contributed by atoms with van der Waals surface area (Å²) in [5, 5.41) is 0.637. The van der Waals surface area contributed by atoms with Gasteiger partial charge >= 0.3 is 0 Å². The summed E-state index contributed by atoms with van der Waals surface area (Å²) in [7, 11) is 0. The van der Waals surface area contributed by atoms with Gasteiger partial charge in [0.2, 0.25) is 0 Å². The molecule has 1 saturated heterocycles. The predicted molar refractivity (Wildman–Crippen MR) is 144 cm³/mol. The van der Waals surface area contributed by atoms with Crippen LogP contribution in [0.2, 0.25) is 10.0 Å². The largest absolute Gasteiger partial charge is 0.492 e. The Balaban J connectivity index is 1.41. The van der Waals surface area contributed by atoms with Gasteiger partial charge in [0.15, 0.2) is 5.75 Å². The topological polar surface area (TPSA) is 55.8 Å². The van der Waals surface area contributed by atoms with Crippen molar-refractivity contribution in [2.75, 3.05) is 13.2 Å². The first-order valence-electron chi connectivity index (χ1n) is 10.6. The molecule has 1 heterocycles. The number of amides is 2. The molecule has 0 N–H and O–H groups in total. The predicted octanol–water partition coefficient (Wildman–Crippen LogP) is 7.76. The Hall–Kier alpha value is -2.45. The summed E-state index contributed by atoms with van der Waals surface area (Å²) in [5.74, 6) is 0.790. The van der Waals surface area contributed by atoms with Crippen molar-refractivity contribution in [1.82, 2.24) is 4.90 Å². The first-order valence-corrected chi connectivity index (χ1v) is 13.0. The number of ether oxygens (including phenoxy) is 2. The van der Waals surface area contributed by atoms with Crippen LogP contribution >= 0.6 is 50.9 Å². The smallest absolute Gasteiger partial charge is 0.293 e. The molecule has 3 aromatic carbocycles. The van der Waals surface area contributed by atoms with Crippen molar-refractivity contribution in [1.29, 1.82) is 0 Å². The van der Waals surface area contributed by atoms with Gasteiger partial charge in [-0.2, -0.15) is 0 Å². The maximum Gasteiger partial charge on any atom is 0.293 e. The molecule has 0 atom stereocenters. The van der Waals surface area contributed by atoms with Gasteiger partial charge in [-0.05, 0) is 76.6 Å². The summed E-state index contributed by atoms with van der Waals surface area (Å²) < 4.78 is 12.1. The third kappa shape index (κ3) is 6.41. The molecule has 0 aromatic heterocycles. The summed E-state index contributed by atoms with van der Waals surface area (Å²) in [6.07, 6.45) is 1.64. The van der Waals surface area contributed by atoms with Crippen molar-refractivity contribution in [3.63, 3.8) is 0 Å². The molecule has 1 fully saturated rings. The van der Waals surface area contributed by atoms with Crippen LogP contribution in [0.4, 0.5) is 4.79 Å². The SMILES string of the molecule is Cc1ccc(OCCN2C(=O)S/C(=C\c3cc(Cl)c(OCc4ccccc4Cl)c(Br)c3)C2=O)cc1. The fraction of sp³-hybridized carbons (Fsp3) is 0.154. The van der Waals surface area contributed by atoms with Gasteiger partial charge in [0.05, 0.1) is 20.9 Å². The first-order chi connectivity index (χ1) is 16.8. The molecule has 3 aromatic rings. The van der Waals surface area contributed by atoms with Crippen LogP contribution in [-0.4, -0.2) is 29.2 Å². The van der Waals surface area contributed by atoms with Crippen molar-refractivity contribution in [3.8, 4) is 11.5 Å². The first kappa shape index (κ1) is 25.6. The molecule has 0 spiro atoms. The van der Waals surface area contributed by atoms with Crippen LogP contribution in [0.5, 0.6) is 11.5 Å². The standard InChI is InChI=1S/C26H20BrCl2NO4S/c1-16-6-8-19(9-7-16)33-11-10-30-25(31)23(35-26(30)32)14-17-12-20(27)24(22(29)13-17)34-15-18-4-2-3-5-21(18)28/h2-9,12-14H,10-11,15H2,1H3/b23-14-. The normalized spacial score (nSPS) is 14.6. The van der Waals surface area contributed by atoms with E-state index >= 15 is 0 Å². The van der Waals surface area contributed by atoms with E-state index in [9.17, 15) is 9.59 Å². The van der Waals surface area contributed by atoms with E-state index in [2.05, 4.69) is 15.9 Å². The second kappa shape index (κ2) is 11.5. The number of halogens is 3. The van der Waals surface area contributed by atoms with Crippen LogP contribution in [0.3, 0.4) is 0 Å². The van der Waals surface area contributed by atoms with E-state index in [0.29, 0.717) is 36.5 Å². The molecule has 4 rings (SSSR count). The molecule has 1 aliphatic rings. The van der Waals surface area contributed by atoms with Crippen molar-refractivity contribution in [3.05, 3.63) is 96.8 Å². The number of hydrogen-bond donors (Lipinski definition) is 0. The molecule has 0 aliphatic carbocycles. The number of aryl methyl sites for hydroxylation is 1. The van der Waals surface area contributed by atoms with Crippen LogP contribution in [-0.2, 0) is 11.4 Å². The number of benzene rings is 3. The van der Waals surface area contributed by atoms with Gasteiger partial charge in [0.1, 0.15) is 19.0 Å². The highest BCUT2D eigenvalue weighted by Gasteiger charge is 2.34. The van der Waals surface area contributed by atoms with Gasteiger partial charge in [-0.3, -0.25) is 14.5 Å². The van der Waals surface area contributed by atoms with Gasteiger partial charge in [-0.1, -0.05) is 59.1 Å². The number of nitrogens with zero attached hydrogens (tertiary/aromatic N) is 1. The Bertz CT molecular complexity index is 1270. The van der Waals surface area contributed by atoms with E-state index in [0.717, 1.165) is 22.9 Å². The molecule has 9 heteroatoms. The molecular weight excluding hydrogens is 573 g/mol. The number of carbonyl (C=O) groups is 2. The maximum atomic E-state index is 12.8. The van der Waals surface area contributed by atoms with Gasteiger partial charge in [0.25, 0.3) is 11.1 Å². The molecule has 0 bridgehead atoms. The third-order valence-electron chi connectivity index (χ3n) is 5.13. The Morgan fingerprint density at radius 3 is 2.46 bits per heavy atom. The second-order valence-electron chi connectivity index (χ2n) is 7.69. The average molecular weight is 593 g/mol. The highest BCUT2D eigenvalue weighted by atomic mass is 79.9. The molecule has 5 nitrogen and oxygen atoms in total. The van der Waals surface area contributed by atoms with Crippen LogP contribution in [0, 0.1) is 6.92 Å². The number of hydrogen-bond acceptors (Lipinski definition) is 5. The zero-order valence-electron chi connectivity index (χ0n) is 18.6. The highest BCUT2D eigenvalue weighted by Crippen LogP contribution is 2.38. The van der Waals surface area contributed by atoms with Gasteiger partial charge in [-0.25, -0.2) is 0 Å². The number of thioether (sulfide) groups is 1. The van der Waals surface area contributed by atoms with E-state index in [1.54, 1.807) is 24.3 Å². The van der Waals surface area contributed by atoms with E-state index < -0.39 is 0 Å². The lowest BCUT2D eigenvalue weighted by atomic mass is 10.2. The summed E-state index contributed by atoms with van der Waals surface area (Å²) in [6, 6.07) is 18.4. The summed E-state index contributed by atoms with van der Waals surface area (Å²) in [5.41, 5.74) is 2.62. The van der Waals surface area contributed by atoms with E-state index in [1.807, 2.05) is 49.4 Å². The zero-order valence-corrected chi connectivity index (χ0v) is 22.5. The van der Waals surface area contributed by atoms with E-state index in [4.69, 9.17) is 32.7 Å². The number of carbonyl (C=O) groups excluding carboxylic acids is 2. The minimum Gasteiger partial charge on any atom is -0.492 e. The van der Waals surface area contributed by atoms with Crippen molar-refractivity contribution in [2.24, 2.45) is 0 Å². The minimum absolute atomic E-state index is 0.162. The lowest BCUT2D eigenvalue weighted by molar-refractivity contribution is -0.123. The Labute approximate surface area is 226 Å². The molecule has 0 saturated carbocycles. The molecule has 0 radical (unpaired) electrons. The highest BCUT2D eigenvalue weighted by molar-refractivity contribution is 9.10. The van der Waals surface area contributed by atoms with E-state index in [1.165, 1.54) is 4.90 Å². The molecule has 1 aliphatic heterocycles. The van der Waals surface area contributed by atoms with Crippen molar-refractivity contribution < 1.29 is 19.1 Å². The minimum atomic E-state index is -0.362. The summed E-state index contributed by atoms with van der Waals surface area (Å²) in [6.45, 7) is 2.61. The van der Waals surface area contributed by atoms with Crippen LogP contribution in [0.1, 0.15) is 16.7 Å². The average Bonchev–Trinajstić information content (AvgIpc) is 3.08. The fourth-order valence-corrected chi connectivity index (χ4v) is 5.34. The van der Waals surface area contributed by atoms with Crippen molar-refractivity contribution >= 4 is 68.1 Å². The van der Waals surface area contributed by atoms with Crippen LogP contribution in [0.25, 0.3) is 6.08 Å². The molecular formula is C26H20BrCl2NO4S. The summed E-state index contributed by atoms with van der Waals surface area (Å²) in [4.78, 5) is 26.7. The summed E-state index contributed by atoms with van der Waals surface area (Å²) >= 11 is 17.0. The third-order valence-corrected chi connectivity index (χ3v) is 7.27. The Morgan fingerprint density at radius 2 is 1.74 bits per heavy atom. The lowest BCUT2D eigenvalue weighted by Crippen LogP contribution is -2.32. The van der Waals surface area contributed by atoms with Gasteiger partial charge < -0.3 is 9.47 Å². The zero-order chi connectivity index (χ0) is 24.9. The molecule has 0 unspecified atom stereocenters. The maximum absolute atomic E-state index is 12.8. The van der Waals surface area contributed by atoms with Crippen LogP contribution in [0.15, 0.2) is 70.0 Å². The number of imide groups is 1. The van der Waals surface area contributed by atoms with Crippen LogP contribution < -0.4 is 9.47 Å². The van der Waals surface area contributed by atoms with Gasteiger partial charge in [0, 0.05) is 10.6 Å². The lowest BCUT2D eigenvalue weighted by Gasteiger charge is -2.13. The monoisotopic (exact) mass is 591 g/mol. The molecule has 180 valence electrons. The van der Waals surface area contributed by atoms with Crippen molar-refractivity contribution in [2.45, 2.75) is 13.5 Å². The second-order valence-corrected chi connectivity index (χ2v) is 10.4. The Morgan fingerprint density at radius 1 is 1.00 bits per heavy atom. The quantitative estimate of drug-likeness (QED) is 0.250. The Kier molecular flexibility index (Phi) is 8.44. The number of rotatable bonds is 8. The van der Waals surface area contributed by atoms with E-state index in [-0.39, 0.29) is 30.9 Å². The fourth-order valence-electron chi connectivity index (χ4n) is 3.30. The van der Waals surface area contributed by atoms with Gasteiger partial charge in [-0.15, -0.1) is 0 Å². The molecule has 35 heavy (non-hydrogen) atoms. The molecule has 2 amide bonds.